The molecule has 0 fully saturated rings. The Morgan fingerprint density at radius 2 is 1.10 bits per heavy atom. The molecule has 0 bridgehead atoms. The minimum Gasteiger partial charge on any atom is -0.394 e. The van der Waals surface area contributed by atoms with Gasteiger partial charge in [0.1, 0.15) is 9.40 Å². The van der Waals surface area contributed by atoms with E-state index in [1.807, 2.05) is 0 Å². The van der Waals surface area contributed by atoms with Crippen LogP contribution in [0.3, 0.4) is 0 Å². The quantitative estimate of drug-likeness (QED) is 0.0677. The Morgan fingerprint density at radius 1 is 0.692 bits per heavy atom. The van der Waals surface area contributed by atoms with Crippen molar-refractivity contribution in [3.63, 3.8) is 0 Å². The second kappa shape index (κ2) is 13.4. The summed E-state index contributed by atoms with van der Waals surface area (Å²) in [6.07, 6.45) is 1.58. The molecule has 212 valence electrons. The number of thiazole rings is 2. The van der Waals surface area contributed by atoms with E-state index < -0.39 is 0 Å². The highest BCUT2D eigenvalue weighted by Gasteiger charge is 2.19. The molecular weight excluding hydrogens is 577 g/mol. The molecule has 0 saturated heterocycles. The van der Waals surface area contributed by atoms with Crippen molar-refractivity contribution < 1.29 is 10.2 Å². The number of aromatic nitrogens is 6. The van der Waals surface area contributed by atoms with Crippen molar-refractivity contribution in [2.24, 2.45) is 11.8 Å². The molecule has 0 aliphatic rings. The van der Waals surface area contributed by atoms with Crippen LogP contribution in [-0.4, -0.2) is 70.5 Å². The zero-order valence-electron chi connectivity index (χ0n) is 22.2. The maximum Gasteiger partial charge on any atom is 0.192 e. The third-order valence-electron chi connectivity index (χ3n) is 5.51. The summed E-state index contributed by atoms with van der Waals surface area (Å²) in [6, 6.07) is -0.289. The first-order valence-corrected chi connectivity index (χ1v) is 16.1. The number of nitrogens with two attached hydrogens (primary N) is 2. The molecule has 0 saturated carbocycles. The van der Waals surface area contributed by atoms with Gasteiger partial charge < -0.3 is 32.3 Å². The Bertz CT molecular complexity index is 1290. The smallest absolute Gasteiger partial charge is 0.192 e. The molecule has 39 heavy (non-hydrogen) atoms. The van der Waals surface area contributed by atoms with Crippen LogP contribution in [0.2, 0.25) is 0 Å². The second-order valence-electron chi connectivity index (χ2n) is 9.83. The number of hydrogen-bond acceptors (Lipinski definition) is 16. The van der Waals surface area contributed by atoms with Crippen molar-refractivity contribution in [3.8, 4) is 0 Å². The van der Waals surface area contributed by atoms with Crippen molar-refractivity contribution in [1.29, 1.82) is 0 Å². The average molecular weight is 611 g/mol. The van der Waals surface area contributed by atoms with Crippen LogP contribution >= 0.6 is 46.2 Å². The van der Waals surface area contributed by atoms with E-state index in [4.69, 9.17) is 21.4 Å². The molecule has 0 aliphatic carbocycles. The van der Waals surface area contributed by atoms with Crippen LogP contribution in [-0.2, 0) is 0 Å². The zero-order valence-corrected chi connectivity index (χ0v) is 25.5. The van der Waals surface area contributed by atoms with E-state index in [1.54, 1.807) is 0 Å². The summed E-state index contributed by atoms with van der Waals surface area (Å²) in [5.41, 5.74) is 13.0. The molecule has 0 spiro atoms. The number of aliphatic hydroxyl groups excluding tert-OH is 2. The van der Waals surface area contributed by atoms with Crippen LogP contribution in [0.25, 0.3) is 20.7 Å². The molecule has 4 heterocycles. The minimum absolute atomic E-state index is 0.0120. The highest BCUT2D eigenvalue weighted by Crippen LogP contribution is 2.35. The first-order valence-electron chi connectivity index (χ1n) is 12.5. The number of anilines is 4. The number of nitrogens with one attached hydrogen (secondary N) is 2. The predicted molar refractivity (Wildman–Crippen MR) is 164 cm³/mol. The fourth-order valence-corrected chi connectivity index (χ4v) is 7.13. The van der Waals surface area contributed by atoms with Crippen molar-refractivity contribution in [2.45, 2.75) is 62.9 Å². The van der Waals surface area contributed by atoms with Crippen LogP contribution in [0.1, 0.15) is 40.5 Å². The number of rotatable bonds is 14. The normalized spacial score (nSPS) is 13.5. The third kappa shape index (κ3) is 7.91. The van der Waals surface area contributed by atoms with Crippen LogP contribution in [0.5, 0.6) is 0 Å². The van der Waals surface area contributed by atoms with E-state index in [2.05, 4.69) is 58.3 Å². The summed E-state index contributed by atoms with van der Waals surface area (Å²) in [5, 5.41) is 28.8. The Balaban J connectivity index is 1.52. The Labute approximate surface area is 243 Å². The molecule has 8 N–H and O–H groups in total. The van der Waals surface area contributed by atoms with Crippen molar-refractivity contribution in [2.75, 3.05) is 40.4 Å². The largest absolute Gasteiger partial charge is 0.394 e. The van der Waals surface area contributed by atoms with Gasteiger partial charge in [-0.05, 0) is 24.7 Å². The summed E-state index contributed by atoms with van der Waals surface area (Å²) in [6.45, 7) is 8.41. The van der Waals surface area contributed by atoms with E-state index in [1.165, 1.54) is 46.2 Å². The molecule has 4 aromatic heterocycles. The molecule has 0 radical (unpaired) electrons. The van der Waals surface area contributed by atoms with Gasteiger partial charge in [-0.1, -0.05) is 73.9 Å². The Morgan fingerprint density at radius 3 is 1.46 bits per heavy atom. The van der Waals surface area contributed by atoms with Crippen molar-refractivity contribution in [3.05, 3.63) is 0 Å². The molecule has 0 amide bonds. The lowest BCUT2D eigenvalue weighted by atomic mass is 10.0. The molecule has 4 aromatic rings. The van der Waals surface area contributed by atoms with Gasteiger partial charge >= 0.3 is 0 Å². The monoisotopic (exact) mass is 610 g/mol. The first-order chi connectivity index (χ1) is 18.6. The Hall–Kier alpha value is -2.24. The van der Waals surface area contributed by atoms with Gasteiger partial charge in [0.2, 0.25) is 0 Å². The van der Waals surface area contributed by atoms with Crippen LogP contribution in [0, 0.1) is 11.8 Å². The number of fused-ring (bicyclic) bond motifs is 2. The lowest BCUT2D eigenvalue weighted by molar-refractivity contribution is 0.259. The molecule has 0 aromatic carbocycles. The molecule has 4 rings (SSSR count). The average Bonchev–Trinajstić information content (AvgIpc) is 3.43. The van der Waals surface area contributed by atoms with E-state index in [0.29, 0.717) is 60.4 Å². The highest BCUT2D eigenvalue weighted by molar-refractivity contribution is 8.15. The van der Waals surface area contributed by atoms with Gasteiger partial charge in [0.25, 0.3) is 0 Å². The summed E-state index contributed by atoms with van der Waals surface area (Å²) < 4.78 is 1.52. The number of thioether (sulfide) groups is 2. The van der Waals surface area contributed by atoms with Gasteiger partial charge in [0, 0.05) is 0 Å². The van der Waals surface area contributed by atoms with Crippen LogP contribution < -0.4 is 22.1 Å². The minimum atomic E-state index is -0.145. The Kier molecular flexibility index (Phi) is 10.2. The lowest BCUT2D eigenvalue weighted by Gasteiger charge is -2.19. The summed E-state index contributed by atoms with van der Waals surface area (Å²) in [7, 11) is 0. The molecule has 16 heteroatoms. The molecule has 12 nitrogen and oxygen atoms in total. The third-order valence-corrected chi connectivity index (χ3v) is 9.10. The molecule has 0 aliphatic heterocycles. The number of hydrogen-bond donors (Lipinski definition) is 6. The maximum absolute atomic E-state index is 9.87. The van der Waals surface area contributed by atoms with Crippen molar-refractivity contribution >= 4 is 88.8 Å². The summed E-state index contributed by atoms with van der Waals surface area (Å²) in [4.78, 5) is 27.3. The molecule has 0 unspecified atom stereocenters. The summed E-state index contributed by atoms with van der Waals surface area (Å²) >= 11 is 5.48. The predicted octanol–water partition coefficient (Wildman–Crippen LogP) is 4.13. The van der Waals surface area contributed by atoms with E-state index in [0.717, 1.165) is 22.2 Å². The second-order valence-corrected chi connectivity index (χ2v) is 14.1. The van der Waals surface area contributed by atoms with E-state index >= 15 is 0 Å². The maximum atomic E-state index is 9.87. The highest BCUT2D eigenvalue weighted by atomic mass is 32.2. The first kappa shape index (κ1) is 29.7. The van der Waals surface area contributed by atoms with Crippen molar-refractivity contribution in [1.82, 2.24) is 29.9 Å². The van der Waals surface area contributed by atoms with Gasteiger partial charge in [-0.25, -0.2) is 29.9 Å². The van der Waals surface area contributed by atoms with Gasteiger partial charge in [-0.2, -0.15) is 0 Å². The van der Waals surface area contributed by atoms with Crippen LogP contribution in [0.4, 0.5) is 21.9 Å². The van der Waals surface area contributed by atoms with Gasteiger partial charge in [0.05, 0.1) is 30.4 Å². The molecular formula is C23H34N10O2S4. The van der Waals surface area contributed by atoms with Crippen LogP contribution in [0.15, 0.2) is 10.3 Å². The summed E-state index contributed by atoms with van der Waals surface area (Å²) in [5.74, 6) is 2.05. The van der Waals surface area contributed by atoms with Gasteiger partial charge in [-0.15, -0.1) is 0 Å². The number of nitrogen functional groups attached to an aromatic ring is 2. The fraction of sp³-hybridized carbons (Fsp3) is 0.565. The SMILES string of the molecule is CC(C)C[C@H](CO)Nc1nc(SCSc2nc(N[C@@H](CO)CC(C)C)c3sc(N)nc3n2)nc2nc(N)sc12. The zero-order chi connectivity index (χ0) is 28.1. The van der Waals surface area contributed by atoms with E-state index in [-0.39, 0.29) is 25.3 Å². The standard InChI is InChI=1S/C23H34N10O2S4/c1-10(2)5-12(7-34)26-16-14-18(28-20(24)38-14)32-22(30-16)36-9-37-23-31-17(27-13(8-35)6-11(3)4)15-19(33-23)29-21(25)39-15/h10-13,34-35H,5-9H2,1-4H3,(H3,24,26,28,30,32)(H3,25,27,29,31,33)/t12-,13-/m1/s1. The number of aliphatic hydroxyl groups is 2. The topological polar surface area (TPSA) is 194 Å². The number of nitrogens with zero attached hydrogens (tertiary/aromatic N) is 6. The fourth-order valence-electron chi connectivity index (χ4n) is 3.98. The molecule has 2 atom stereocenters. The van der Waals surface area contributed by atoms with Gasteiger partial charge in [0.15, 0.2) is 43.5 Å². The van der Waals surface area contributed by atoms with E-state index in [9.17, 15) is 10.2 Å². The van der Waals surface area contributed by atoms with Gasteiger partial charge in [-0.3, -0.25) is 0 Å². The lowest BCUT2D eigenvalue weighted by Crippen LogP contribution is -2.26.